The predicted octanol–water partition coefficient (Wildman–Crippen LogP) is 0.874. The number of nitrogens with zero attached hydrogens (tertiary/aromatic N) is 5. The minimum Gasteiger partial charge on any atom is -0.341 e. The third kappa shape index (κ3) is 4.10. The van der Waals surface area contributed by atoms with Crippen molar-refractivity contribution >= 4 is 35.1 Å². The Morgan fingerprint density at radius 1 is 1.35 bits per heavy atom. The second-order valence-electron chi connectivity index (χ2n) is 4.88. The number of hydroxylamine groups is 2. The number of nitro benzene ring substituents is 1. The fourth-order valence-corrected chi connectivity index (χ4v) is 2.02. The number of rotatable bonds is 6. The Labute approximate surface area is 144 Å². The molecule has 1 aliphatic rings. The molecule has 0 radical (unpaired) electrons. The summed E-state index contributed by atoms with van der Waals surface area (Å²) in [6.07, 6.45) is -0.173. The van der Waals surface area contributed by atoms with Crippen LogP contribution in [-0.4, -0.2) is 40.2 Å². The fourth-order valence-electron chi connectivity index (χ4n) is 2.02. The van der Waals surface area contributed by atoms with E-state index >= 15 is 0 Å². The first-order valence-corrected chi connectivity index (χ1v) is 7.02. The number of nitro groups is 1. The lowest BCUT2D eigenvalue weighted by Crippen LogP contribution is -2.37. The van der Waals surface area contributed by atoms with Gasteiger partial charge in [-0.15, -0.1) is 5.06 Å². The normalized spacial score (nSPS) is 13.2. The molecule has 0 aliphatic carbocycles. The van der Waals surface area contributed by atoms with Crippen LogP contribution in [0.5, 0.6) is 0 Å². The van der Waals surface area contributed by atoms with E-state index in [4.69, 9.17) is 5.53 Å². The van der Waals surface area contributed by atoms with Crippen molar-refractivity contribution in [3.8, 4) is 0 Å². The maximum atomic E-state index is 12.1. The SMILES string of the molecule is [N-]=[N+]=Nc1ccc([N+](=O)[O-])c(C(=O)NCC(=O)ON2C(=O)CCC2=O)c1. The topological polar surface area (TPSA) is 185 Å². The summed E-state index contributed by atoms with van der Waals surface area (Å²) >= 11 is 0. The molecular formula is C13H10N6O7. The number of hydrogen-bond acceptors (Lipinski definition) is 8. The summed E-state index contributed by atoms with van der Waals surface area (Å²) in [6, 6.07) is 3.10. The monoisotopic (exact) mass is 362 g/mol. The molecule has 0 saturated carbocycles. The van der Waals surface area contributed by atoms with Gasteiger partial charge in [0.1, 0.15) is 12.1 Å². The van der Waals surface area contributed by atoms with Crippen molar-refractivity contribution in [2.45, 2.75) is 12.8 Å². The van der Waals surface area contributed by atoms with Crippen LogP contribution in [0.2, 0.25) is 0 Å². The lowest BCUT2D eigenvalue weighted by Gasteiger charge is -2.12. The molecule has 1 heterocycles. The molecular weight excluding hydrogens is 352 g/mol. The molecule has 13 nitrogen and oxygen atoms in total. The number of imide groups is 1. The lowest BCUT2D eigenvalue weighted by atomic mass is 10.1. The van der Waals surface area contributed by atoms with Crippen LogP contribution in [0, 0.1) is 10.1 Å². The largest absolute Gasteiger partial charge is 0.352 e. The Hall–Kier alpha value is -3.99. The Bertz CT molecular complexity index is 845. The molecule has 26 heavy (non-hydrogen) atoms. The van der Waals surface area contributed by atoms with Gasteiger partial charge in [-0.05, 0) is 17.7 Å². The zero-order valence-electron chi connectivity index (χ0n) is 12.9. The minimum absolute atomic E-state index is 0.0425. The second kappa shape index (κ2) is 7.72. The summed E-state index contributed by atoms with van der Waals surface area (Å²) in [7, 11) is 0. The van der Waals surface area contributed by atoms with Gasteiger partial charge in [-0.2, -0.15) is 0 Å². The van der Waals surface area contributed by atoms with E-state index in [0.717, 1.165) is 18.2 Å². The van der Waals surface area contributed by atoms with E-state index in [1.807, 2.05) is 0 Å². The molecule has 1 aromatic carbocycles. The van der Waals surface area contributed by atoms with Crippen LogP contribution in [-0.2, 0) is 19.2 Å². The summed E-state index contributed by atoms with van der Waals surface area (Å²) in [5.41, 5.74) is 7.33. The number of amides is 3. The van der Waals surface area contributed by atoms with Gasteiger partial charge >= 0.3 is 5.97 Å². The Morgan fingerprint density at radius 3 is 2.58 bits per heavy atom. The Morgan fingerprint density at radius 2 is 2.00 bits per heavy atom. The highest BCUT2D eigenvalue weighted by Crippen LogP contribution is 2.24. The van der Waals surface area contributed by atoms with Crippen LogP contribution >= 0.6 is 0 Å². The van der Waals surface area contributed by atoms with E-state index in [0.29, 0.717) is 5.06 Å². The van der Waals surface area contributed by atoms with Gasteiger partial charge in [-0.1, -0.05) is 5.11 Å². The molecule has 1 aromatic rings. The molecule has 1 N–H and O–H groups in total. The van der Waals surface area contributed by atoms with E-state index < -0.39 is 46.4 Å². The van der Waals surface area contributed by atoms with Gasteiger partial charge in [-0.25, -0.2) is 4.79 Å². The van der Waals surface area contributed by atoms with Gasteiger partial charge < -0.3 is 10.2 Å². The smallest absolute Gasteiger partial charge is 0.341 e. The zero-order valence-corrected chi connectivity index (χ0v) is 12.9. The second-order valence-corrected chi connectivity index (χ2v) is 4.88. The summed E-state index contributed by atoms with van der Waals surface area (Å²) in [5, 5.41) is 16.6. The molecule has 1 saturated heterocycles. The van der Waals surface area contributed by atoms with Crippen molar-refractivity contribution in [2.75, 3.05) is 6.54 Å². The van der Waals surface area contributed by atoms with E-state index in [2.05, 4.69) is 20.2 Å². The minimum atomic E-state index is -1.11. The molecule has 0 aromatic heterocycles. The van der Waals surface area contributed by atoms with Crippen LogP contribution in [0.15, 0.2) is 23.3 Å². The van der Waals surface area contributed by atoms with Crippen molar-refractivity contribution in [1.29, 1.82) is 0 Å². The van der Waals surface area contributed by atoms with Gasteiger partial charge in [0, 0.05) is 29.5 Å². The van der Waals surface area contributed by atoms with E-state index in [1.54, 1.807) is 0 Å². The fraction of sp³-hybridized carbons (Fsp3) is 0.231. The molecule has 0 bridgehead atoms. The van der Waals surface area contributed by atoms with Gasteiger partial charge in [0.15, 0.2) is 0 Å². The maximum Gasteiger partial charge on any atom is 0.352 e. The van der Waals surface area contributed by atoms with Gasteiger partial charge in [0.2, 0.25) is 0 Å². The number of azide groups is 1. The van der Waals surface area contributed by atoms with Crippen LogP contribution in [0.4, 0.5) is 11.4 Å². The third-order valence-corrected chi connectivity index (χ3v) is 3.17. The van der Waals surface area contributed by atoms with Gasteiger partial charge in [0.25, 0.3) is 23.4 Å². The molecule has 0 atom stereocenters. The number of carbonyl (C=O) groups is 4. The molecule has 134 valence electrons. The molecule has 13 heteroatoms. The average molecular weight is 362 g/mol. The van der Waals surface area contributed by atoms with Crippen LogP contribution in [0.3, 0.4) is 0 Å². The first-order valence-electron chi connectivity index (χ1n) is 7.02. The van der Waals surface area contributed by atoms with Gasteiger partial charge in [-0.3, -0.25) is 24.5 Å². The first kappa shape index (κ1) is 18.4. The molecule has 3 amide bonds. The zero-order chi connectivity index (χ0) is 19.3. The average Bonchev–Trinajstić information content (AvgIpc) is 2.91. The quantitative estimate of drug-likeness (QED) is 0.194. The summed E-state index contributed by atoms with van der Waals surface area (Å²) < 4.78 is 0. The lowest BCUT2D eigenvalue weighted by molar-refractivity contribution is -0.385. The van der Waals surface area contributed by atoms with Crippen LogP contribution in [0.1, 0.15) is 23.2 Å². The predicted molar refractivity (Wildman–Crippen MR) is 81.4 cm³/mol. The third-order valence-electron chi connectivity index (χ3n) is 3.17. The van der Waals surface area contributed by atoms with Crippen molar-refractivity contribution in [1.82, 2.24) is 10.4 Å². The highest BCUT2D eigenvalue weighted by atomic mass is 16.7. The molecule has 0 spiro atoms. The number of benzene rings is 1. The van der Waals surface area contributed by atoms with Crippen molar-refractivity contribution in [3.63, 3.8) is 0 Å². The highest BCUT2D eigenvalue weighted by molar-refractivity contribution is 6.02. The van der Waals surface area contributed by atoms with E-state index in [1.165, 1.54) is 0 Å². The van der Waals surface area contributed by atoms with E-state index in [-0.39, 0.29) is 18.5 Å². The Balaban J connectivity index is 2.07. The van der Waals surface area contributed by atoms with Crippen LogP contribution < -0.4 is 5.32 Å². The first-order chi connectivity index (χ1) is 12.3. The number of carbonyl (C=O) groups excluding carboxylic acids is 4. The standard InChI is InChI=1S/C13H10N6O7/c14-17-16-7-1-2-9(19(24)25)8(5-7)13(23)15-6-12(22)26-18-10(20)3-4-11(18)21/h1-2,5H,3-4,6H2,(H,15,23). The van der Waals surface area contributed by atoms with Gasteiger partial charge in [0.05, 0.1) is 4.92 Å². The molecule has 0 unspecified atom stereocenters. The maximum absolute atomic E-state index is 12.1. The highest BCUT2D eigenvalue weighted by Gasteiger charge is 2.33. The van der Waals surface area contributed by atoms with Crippen molar-refractivity contribution in [2.24, 2.45) is 5.11 Å². The molecule has 1 aliphatic heterocycles. The number of nitrogens with one attached hydrogen (secondary N) is 1. The van der Waals surface area contributed by atoms with E-state index in [9.17, 15) is 29.3 Å². The Kier molecular flexibility index (Phi) is 5.45. The summed E-state index contributed by atoms with van der Waals surface area (Å²) in [4.78, 5) is 63.6. The molecule has 1 fully saturated rings. The van der Waals surface area contributed by atoms with Crippen molar-refractivity contribution in [3.05, 3.63) is 44.3 Å². The van der Waals surface area contributed by atoms with Crippen LogP contribution in [0.25, 0.3) is 10.4 Å². The summed E-state index contributed by atoms with van der Waals surface area (Å²) in [5.74, 6) is -3.50. The number of hydrogen-bond donors (Lipinski definition) is 1. The van der Waals surface area contributed by atoms with Crippen molar-refractivity contribution < 1.29 is 28.9 Å². The molecule has 2 rings (SSSR count). The summed E-state index contributed by atoms with van der Waals surface area (Å²) in [6.45, 7) is -0.751.